The number of rotatable bonds is 3. The first-order chi connectivity index (χ1) is 7.42. The SMILES string of the molecule is C1=C(C2CC2)CCCC1Cc1cnc[nH]1. The van der Waals surface area contributed by atoms with E-state index in [1.165, 1.54) is 37.8 Å². The molecule has 2 aliphatic rings. The number of imidazole rings is 1. The van der Waals surface area contributed by atoms with E-state index in [1.54, 1.807) is 11.9 Å². The molecule has 2 nitrogen and oxygen atoms in total. The van der Waals surface area contributed by atoms with E-state index in [0.717, 1.165) is 18.3 Å². The third-order valence-corrected chi connectivity index (χ3v) is 3.63. The topological polar surface area (TPSA) is 28.7 Å². The molecule has 1 saturated carbocycles. The van der Waals surface area contributed by atoms with Crippen LogP contribution in [0, 0.1) is 11.8 Å². The zero-order valence-electron chi connectivity index (χ0n) is 9.08. The lowest BCUT2D eigenvalue weighted by Crippen LogP contribution is -2.08. The van der Waals surface area contributed by atoms with Gasteiger partial charge in [-0.15, -0.1) is 0 Å². The molecule has 1 atom stereocenters. The molecule has 0 amide bonds. The minimum Gasteiger partial charge on any atom is -0.348 e. The summed E-state index contributed by atoms with van der Waals surface area (Å²) < 4.78 is 0. The number of hydrogen-bond donors (Lipinski definition) is 1. The van der Waals surface area contributed by atoms with Crippen molar-refractivity contribution in [3.05, 3.63) is 29.9 Å². The van der Waals surface area contributed by atoms with Gasteiger partial charge in [0.2, 0.25) is 0 Å². The molecule has 1 heterocycles. The molecule has 0 bridgehead atoms. The van der Waals surface area contributed by atoms with Crippen LogP contribution in [-0.4, -0.2) is 9.97 Å². The molecule has 0 radical (unpaired) electrons. The molecule has 80 valence electrons. The summed E-state index contributed by atoms with van der Waals surface area (Å²) in [6.45, 7) is 0. The van der Waals surface area contributed by atoms with Gasteiger partial charge in [-0.25, -0.2) is 4.98 Å². The van der Waals surface area contributed by atoms with Gasteiger partial charge in [-0.2, -0.15) is 0 Å². The maximum atomic E-state index is 4.08. The highest BCUT2D eigenvalue weighted by atomic mass is 14.9. The van der Waals surface area contributed by atoms with Gasteiger partial charge in [-0.05, 0) is 50.4 Å². The first-order valence-electron chi connectivity index (χ1n) is 6.09. The second-order valence-corrected chi connectivity index (χ2v) is 4.95. The average molecular weight is 202 g/mol. The molecule has 0 spiro atoms. The van der Waals surface area contributed by atoms with E-state index in [4.69, 9.17) is 0 Å². The molecular weight excluding hydrogens is 184 g/mol. The predicted octanol–water partition coefficient (Wildman–Crippen LogP) is 3.09. The Balaban J connectivity index is 1.68. The van der Waals surface area contributed by atoms with Crippen LogP contribution in [0.5, 0.6) is 0 Å². The Morgan fingerprint density at radius 1 is 1.33 bits per heavy atom. The Morgan fingerprint density at radius 3 is 3.00 bits per heavy atom. The fraction of sp³-hybridized carbons (Fsp3) is 0.615. The lowest BCUT2D eigenvalue weighted by molar-refractivity contribution is 0.511. The van der Waals surface area contributed by atoms with Gasteiger partial charge in [0, 0.05) is 11.9 Å². The van der Waals surface area contributed by atoms with Crippen molar-refractivity contribution in [3.8, 4) is 0 Å². The Kier molecular flexibility index (Phi) is 2.35. The summed E-state index contributed by atoms with van der Waals surface area (Å²) in [5.41, 5.74) is 3.04. The van der Waals surface area contributed by atoms with Gasteiger partial charge in [0.15, 0.2) is 0 Å². The fourth-order valence-electron chi connectivity index (χ4n) is 2.67. The van der Waals surface area contributed by atoms with Gasteiger partial charge in [0.1, 0.15) is 0 Å². The Labute approximate surface area is 90.8 Å². The number of aromatic amines is 1. The van der Waals surface area contributed by atoms with Crippen molar-refractivity contribution < 1.29 is 0 Å². The van der Waals surface area contributed by atoms with Crippen molar-refractivity contribution in [2.45, 2.75) is 38.5 Å². The van der Waals surface area contributed by atoms with Gasteiger partial charge in [0.25, 0.3) is 0 Å². The first kappa shape index (κ1) is 9.20. The standard InChI is InChI=1S/C13H18N2/c1-2-10(7-13-8-14-9-15-13)6-12(3-1)11-4-5-11/h6,8-11H,1-5,7H2,(H,14,15). The van der Waals surface area contributed by atoms with Gasteiger partial charge in [0.05, 0.1) is 6.33 Å². The highest BCUT2D eigenvalue weighted by Gasteiger charge is 2.28. The quantitative estimate of drug-likeness (QED) is 0.750. The summed E-state index contributed by atoms with van der Waals surface area (Å²) in [4.78, 5) is 7.28. The molecule has 0 aromatic carbocycles. The summed E-state index contributed by atoms with van der Waals surface area (Å²) >= 11 is 0. The minimum atomic E-state index is 0.759. The second-order valence-electron chi connectivity index (χ2n) is 4.95. The minimum absolute atomic E-state index is 0.759. The van der Waals surface area contributed by atoms with Crippen LogP contribution in [0.1, 0.15) is 37.8 Å². The first-order valence-corrected chi connectivity index (χ1v) is 6.09. The molecule has 1 aromatic rings. The van der Waals surface area contributed by atoms with Crippen LogP contribution in [-0.2, 0) is 6.42 Å². The van der Waals surface area contributed by atoms with E-state index in [1.807, 2.05) is 6.20 Å². The highest BCUT2D eigenvalue weighted by Crippen LogP contribution is 2.42. The highest BCUT2D eigenvalue weighted by molar-refractivity contribution is 5.17. The zero-order chi connectivity index (χ0) is 10.1. The van der Waals surface area contributed by atoms with Crippen molar-refractivity contribution in [2.24, 2.45) is 11.8 Å². The fourth-order valence-corrected chi connectivity index (χ4v) is 2.67. The van der Waals surface area contributed by atoms with E-state index in [-0.39, 0.29) is 0 Å². The largest absolute Gasteiger partial charge is 0.348 e. The van der Waals surface area contributed by atoms with E-state index >= 15 is 0 Å². The van der Waals surface area contributed by atoms with Crippen molar-refractivity contribution >= 4 is 0 Å². The molecule has 1 N–H and O–H groups in total. The molecule has 2 aliphatic carbocycles. The smallest absolute Gasteiger partial charge is 0.0921 e. The number of aromatic nitrogens is 2. The normalized spacial score (nSPS) is 26.4. The summed E-state index contributed by atoms with van der Waals surface area (Å²) in [6.07, 6.45) is 14.5. The summed E-state index contributed by atoms with van der Waals surface area (Å²) in [5.74, 6) is 1.73. The molecule has 15 heavy (non-hydrogen) atoms. The van der Waals surface area contributed by atoms with Crippen LogP contribution in [0.2, 0.25) is 0 Å². The molecule has 2 heteroatoms. The zero-order valence-corrected chi connectivity index (χ0v) is 9.08. The average Bonchev–Trinajstić information content (AvgIpc) is 3.00. The monoisotopic (exact) mass is 202 g/mol. The molecule has 1 unspecified atom stereocenters. The van der Waals surface area contributed by atoms with Gasteiger partial charge < -0.3 is 4.98 Å². The molecule has 0 aliphatic heterocycles. The maximum absolute atomic E-state index is 4.08. The third-order valence-electron chi connectivity index (χ3n) is 3.63. The number of nitrogens with zero attached hydrogens (tertiary/aromatic N) is 1. The van der Waals surface area contributed by atoms with Gasteiger partial charge >= 0.3 is 0 Å². The molecule has 1 aromatic heterocycles. The summed E-state index contributed by atoms with van der Waals surface area (Å²) in [7, 11) is 0. The summed E-state index contributed by atoms with van der Waals surface area (Å²) in [6, 6.07) is 0. The number of nitrogens with one attached hydrogen (secondary N) is 1. The molecule has 1 fully saturated rings. The van der Waals surface area contributed by atoms with Crippen LogP contribution in [0.25, 0.3) is 0 Å². The second kappa shape index (κ2) is 3.84. The van der Waals surface area contributed by atoms with Crippen LogP contribution < -0.4 is 0 Å². The van der Waals surface area contributed by atoms with Crippen LogP contribution >= 0.6 is 0 Å². The van der Waals surface area contributed by atoms with Crippen LogP contribution in [0.15, 0.2) is 24.2 Å². The lowest BCUT2D eigenvalue weighted by Gasteiger charge is -2.20. The number of hydrogen-bond acceptors (Lipinski definition) is 1. The molecule has 3 rings (SSSR count). The Bertz CT molecular complexity index is 347. The third kappa shape index (κ3) is 2.14. The van der Waals surface area contributed by atoms with Crippen molar-refractivity contribution in [1.29, 1.82) is 0 Å². The van der Waals surface area contributed by atoms with E-state index in [9.17, 15) is 0 Å². The predicted molar refractivity (Wildman–Crippen MR) is 60.4 cm³/mol. The number of H-pyrrole nitrogens is 1. The van der Waals surface area contributed by atoms with Crippen LogP contribution in [0.3, 0.4) is 0 Å². The van der Waals surface area contributed by atoms with E-state index in [0.29, 0.717) is 0 Å². The van der Waals surface area contributed by atoms with Crippen molar-refractivity contribution in [2.75, 3.05) is 0 Å². The Hall–Kier alpha value is -1.05. The molecule has 0 saturated heterocycles. The Morgan fingerprint density at radius 2 is 2.27 bits per heavy atom. The van der Waals surface area contributed by atoms with Crippen LogP contribution in [0.4, 0.5) is 0 Å². The lowest BCUT2D eigenvalue weighted by atomic mass is 9.86. The maximum Gasteiger partial charge on any atom is 0.0921 e. The number of allylic oxidation sites excluding steroid dienone is 2. The van der Waals surface area contributed by atoms with E-state index < -0.39 is 0 Å². The summed E-state index contributed by atoms with van der Waals surface area (Å²) in [5, 5.41) is 0. The molecular formula is C13H18N2. The van der Waals surface area contributed by atoms with Crippen molar-refractivity contribution in [1.82, 2.24) is 9.97 Å². The van der Waals surface area contributed by atoms with Gasteiger partial charge in [-0.1, -0.05) is 11.6 Å². The van der Waals surface area contributed by atoms with Crippen molar-refractivity contribution in [3.63, 3.8) is 0 Å². The van der Waals surface area contributed by atoms with E-state index in [2.05, 4.69) is 16.0 Å². The van der Waals surface area contributed by atoms with Gasteiger partial charge in [-0.3, -0.25) is 0 Å².